The maximum absolute atomic E-state index is 12.2. The number of carbonyl (C=O) groups excluding carboxylic acids is 1. The molecule has 1 atom stereocenters. The summed E-state index contributed by atoms with van der Waals surface area (Å²) in [6, 6.07) is 18.8. The maximum Gasteiger partial charge on any atom is 0.331 e. The highest BCUT2D eigenvalue weighted by molar-refractivity contribution is 7.89. The standard InChI is InChI=1S/C35H46N2O8S/c1-43-31-16-12-27(13-17-31)14-19-35(40)45-26-30-24-29(15-18-33(30)38)34(39)25-37-20-5-2-3-6-21-44-22-7-4-9-28-10-8-11-32(23-28)46(36,41)42/h8,10-19,23-24,34,37-39H,2-7,9,20-22,25-26H2,1H3,(H2,36,41,42)/t34-/m0/s1. The topological polar surface area (TPSA) is 157 Å². The van der Waals surface area contributed by atoms with Gasteiger partial charge >= 0.3 is 5.97 Å². The van der Waals surface area contributed by atoms with Crippen molar-refractivity contribution in [2.75, 3.05) is 33.4 Å². The zero-order chi connectivity index (χ0) is 33.2. The maximum atomic E-state index is 12.2. The van der Waals surface area contributed by atoms with Gasteiger partial charge in [-0.1, -0.05) is 43.2 Å². The van der Waals surface area contributed by atoms with Gasteiger partial charge in [0.2, 0.25) is 10.0 Å². The second-order valence-electron chi connectivity index (χ2n) is 11.0. The van der Waals surface area contributed by atoms with Gasteiger partial charge in [0.25, 0.3) is 0 Å². The fourth-order valence-corrected chi connectivity index (χ4v) is 5.27. The largest absolute Gasteiger partial charge is 0.508 e. The van der Waals surface area contributed by atoms with Crippen LogP contribution in [0, 0.1) is 0 Å². The van der Waals surface area contributed by atoms with Gasteiger partial charge in [-0.25, -0.2) is 18.4 Å². The summed E-state index contributed by atoms with van der Waals surface area (Å²) in [7, 11) is -2.09. The van der Waals surface area contributed by atoms with E-state index in [2.05, 4.69) is 5.32 Å². The molecule has 250 valence electrons. The Morgan fingerprint density at radius 2 is 1.70 bits per heavy atom. The number of phenolic OH excluding ortho intramolecular Hbond substituents is 1. The van der Waals surface area contributed by atoms with Crippen molar-refractivity contribution in [2.45, 2.75) is 62.6 Å². The lowest BCUT2D eigenvalue weighted by Crippen LogP contribution is -2.22. The number of primary sulfonamides is 1. The van der Waals surface area contributed by atoms with Gasteiger partial charge < -0.3 is 29.7 Å². The van der Waals surface area contributed by atoms with E-state index in [9.17, 15) is 23.4 Å². The highest BCUT2D eigenvalue weighted by Gasteiger charge is 2.12. The van der Waals surface area contributed by atoms with E-state index in [0.29, 0.717) is 30.9 Å². The Morgan fingerprint density at radius 1 is 0.957 bits per heavy atom. The predicted molar refractivity (Wildman–Crippen MR) is 178 cm³/mol. The summed E-state index contributed by atoms with van der Waals surface area (Å²) in [6.07, 6.45) is 8.85. The van der Waals surface area contributed by atoms with Crippen LogP contribution in [-0.2, 0) is 37.3 Å². The second-order valence-corrected chi connectivity index (χ2v) is 12.6. The molecule has 11 heteroatoms. The number of rotatable bonds is 21. The smallest absolute Gasteiger partial charge is 0.331 e. The van der Waals surface area contributed by atoms with Gasteiger partial charge in [0, 0.05) is 31.4 Å². The van der Waals surface area contributed by atoms with Crippen LogP contribution in [0.15, 0.2) is 77.7 Å². The number of unbranched alkanes of at least 4 members (excludes halogenated alkanes) is 4. The Bertz CT molecular complexity index is 1490. The van der Waals surface area contributed by atoms with Crippen LogP contribution in [0.25, 0.3) is 6.08 Å². The number of hydrogen-bond acceptors (Lipinski definition) is 9. The Morgan fingerprint density at radius 3 is 2.43 bits per heavy atom. The number of nitrogens with one attached hydrogen (secondary N) is 1. The zero-order valence-electron chi connectivity index (χ0n) is 26.4. The fourth-order valence-electron chi connectivity index (χ4n) is 4.68. The van der Waals surface area contributed by atoms with E-state index in [-0.39, 0.29) is 17.3 Å². The SMILES string of the molecule is COc1ccc(C=CC(=O)OCc2cc([C@@H](O)CNCCCCCCOCCCCc3cccc(S(N)(=O)=O)c3)ccc2O)cc1. The molecule has 0 aliphatic heterocycles. The van der Waals surface area contributed by atoms with Crippen molar-refractivity contribution in [3.63, 3.8) is 0 Å². The van der Waals surface area contributed by atoms with Gasteiger partial charge in [0.15, 0.2) is 0 Å². The Hall–Kier alpha value is -3.74. The normalized spacial score (nSPS) is 12.3. The summed E-state index contributed by atoms with van der Waals surface area (Å²) in [5.41, 5.74) is 2.81. The van der Waals surface area contributed by atoms with Crippen molar-refractivity contribution < 1.29 is 37.6 Å². The van der Waals surface area contributed by atoms with E-state index in [1.807, 2.05) is 18.2 Å². The van der Waals surface area contributed by atoms with Gasteiger partial charge in [-0.15, -0.1) is 0 Å². The van der Waals surface area contributed by atoms with Crippen molar-refractivity contribution >= 4 is 22.1 Å². The lowest BCUT2D eigenvalue weighted by Gasteiger charge is -2.14. The molecule has 0 heterocycles. The minimum atomic E-state index is -3.68. The number of aliphatic hydroxyl groups excluding tert-OH is 1. The van der Waals surface area contributed by atoms with Gasteiger partial charge in [-0.05, 0) is 97.8 Å². The summed E-state index contributed by atoms with van der Waals surface area (Å²) >= 11 is 0. The lowest BCUT2D eigenvalue weighted by atomic mass is 10.1. The van der Waals surface area contributed by atoms with E-state index in [1.165, 1.54) is 18.2 Å². The monoisotopic (exact) mass is 654 g/mol. The van der Waals surface area contributed by atoms with Gasteiger partial charge in [0.05, 0.1) is 18.1 Å². The van der Waals surface area contributed by atoms with E-state index in [4.69, 9.17) is 19.3 Å². The van der Waals surface area contributed by atoms with E-state index in [0.717, 1.165) is 68.4 Å². The highest BCUT2D eigenvalue weighted by Crippen LogP contribution is 2.23. The molecule has 3 aromatic carbocycles. The Balaban J connectivity index is 1.22. The number of phenols is 1. The first kappa shape index (κ1) is 36.7. The summed E-state index contributed by atoms with van der Waals surface area (Å²) in [5, 5.41) is 29.3. The number of carbonyl (C=O) groups is 1. The molecule has 3 aromatic rings. The summed E-state index contributed by atoms with van der Waals surface area (Å²) in [6.45, 7) is 2.41. The number of aryl methyl sites for hydroxylation is 1. The van der Waals surface area contributed by atoms with Gasteiger partial charge in [-0.2, -0.15) is 0 Å². The molecule has 0 spiro atoms. The molecule has 0 unspecified atom stereocenters. The molecule has 5 N–H and O–H groups in total. The number of sulfonamides is 1. The fraction of sp³-hybridized carbons (Fsp3) is 0.400. The molecular weight excluding hydrogens is 608 g/mol. The van der Waals surface area contributed by atoms with E-state index < -0.39 is 22.1 Å². The molecule has 0 saturated carbocycles. The minimum absolute atomic E-state index is 0.00652. The van der Waals surface area contributed by atoms with E-state index in [1.54, 1.807) is 49.6 Å². The van der Waals surface area contributed by atoms with Crippen molar-refractivity contribution in [3.8, 4) is 11.5 Å². The number of esters is 1. The third-order valence-electron chi connectivity index (χ3n) is 7.35. The predicted octanol–water partition coefficient (Wildman–Crippen LogP) is 5.03. The van der Waals surface area contributed by atoms with Crippen molar-refractivity contribution in [3.05, 3.63) is 95.1 Å². The first-order chi connectivity index (χ1) is 22.2. The summed E-state index contributed by atoms with van der Waals surface area (Å²) in [5.74, 6) is 0.174. The number of benzene rings is 3. The molecular formula is C35H46N2O8S. The van der Waals surface area contributed by atoms with Crippen molar-refractivity contribution in [2.24, 2.45) is 5.14 Å². The molecule has 0 saturated heterocycles. The third kappa shape index (κ3) is 13.7. The summed E-state index contributed by atoms with van der Waals surface area (Å²) < 4.78 is 39.1. The van der Waals surface area contributed by atoms with Crippen LogP contribution in [0.5, 0.6) is 11.5 Å². The van der Waals surface area contributed by atoms with Crippen LogP contribution in [0.2, 0.25) is 0 Å². The van der Waals surface area contributed by atoms with E-state index >= 15 is 0 Å². The molecule has 46 heavy (non-hydrogen) atoms. The first-order valence-electron chi connectivity index (χ1n) is 15.5. The van der Waals surface area contributed by atoms with Crippen LogP contribution >= 0.6 is 0 Å². The molecule has 0 aromatic heterocycles. The van der Waals surface area contributed by atoms with Crippen LogP contribution in [0.1, 0.15) is 66.9 Å². The zero-order valence-corrected chi connectivity index (χ0v) is 27.2. The molecule has 0 aliphatic rings. The Labute approximate surface area is 272 Å². The lowest BCUT2D eigenvalue weighted by molar-refractivity contribution is -0.138. The molecule has 0 amide bonds. The Kier molecular flexibility index (Phi) is 15.7. The number of methoxy groups -OCH3 is 1. The minimum Gasteiger partial charge on any atom is -0.508 e. The quantitative estimate of drug-likeness (QED) is 0.0703. The number of nitrogens with two attached hydrogens (primary N) is 1. The summed E-state index contributed by atoms with van der Waals surface area (Å²) in [4.78, 5) is 12.3. The molecule has 0 fully saturated rings. The van der Waals surface area contributed by atoms with Crippen LogP contribution in [-0.4, -0.2) is 58.0 Å². The number of ether oxygens (including phenoxy) is 3. The average molecular weight is 655 g/mol. The number of aromatic hydroxyl groups is 1. The highest BCUT2D eigenvalue weighted by atomic mass is 32.2. The molecule has 0 bridgehead atoms. The van der Waals surface area contributed by atoms with Crippen molar-refractivity contribution in [1.29, 1.82) is 0 Å². The molecule has 0 aliphatic carbocycles. The molecule has 3 rings (SSSR count). The number of aliphatic hydroxyl groups is 1. The van der Waals surface area contributed by atoms with Crippen LogP contribution < -0.4 is 15.2 Å². The average Bonchev–Trinajstić information content (AvgIpc) is 3.05. The molecule has 10 nitrogen and oxygen atoms in total. The van der Waals surface area contributed by atoms with Crippen LogP contribution in [0.3, 0.4) is 0 Å². The number of hydrogen-bond donors (Lipinski definition) is 4. The molecule has 0 radical (unpaired) electrons. The third-order valence-corrected chi connectivity index (χ3v) is 8.26. The van der Waals surface area contributed by atoms with Crippen molar-refractivity contribution in [1.82, 2.24) is 5.32 Å². The van der Waals surface area contributed by atoms with Crippen LogP contribution in [0.4, 0.5) is 0 Å². The first-order valence-corrected chi connectivity index (χ1v) is 17.1. The van der Waals surface area contributed by atoms with Gasteiger partial charge in [-0.3, -0.25) is 0 Å². The van der Waals surface area contributed by atoms with Gasteiger partial charge in [0.1, 0.15) is 18.1 Å². The second kappa shape index (κ2) is 19.7.